The number of pyridine rings is 1. The summed E-state index contributed by atoms with van der Waals surface area (Å²) in [6, 6.07) is 9.90. The molecule has 6 heteroatoms. The van der Waals surface area contributed by atoms with Gasteiger partial charge in [0.2, 0.25) is 5.43 Å². The number of rotatable bonds is 2. The third-order valence-corrected chi connectivity index (χ3v) is 3.52. The van der Waals surface area contributed by atoms with Gasteiger partial charge in [0.05, 0.1) is 5.52 Å². The van der Waals surface area contributed by atoms with Gasteiger partial charge in [0.15, 0.2) is 11.6 Å². The van der Waals surface area contributed by atoms with Gasteiger partial charge in [-0.3, -0.25) is 9.59 Å². The number of amides is 1. The van der Waals surface area contributed by atoms with Crippen molar-refractivity contribution in [3.8, 4) is 0 Å². The number of aromatic nitrogens is 1. The number of carbonyl (C=O) groups excluding carboxylic acids is 1. The van der Waals surface area contributed by atoms with Crippen molar-refractivity contribution in [2.24, 2.45) is 7.05 Å². The van der Waals surface area contributed by atoms with Crippen molar-refractivity contribution in [3.05, 3.63) is 76.1 Å². The maximum atomic E-state index is 13.2. The molecule has 0 unspecified atom stereocenters. The Morgan fingerprint density at radius 2 is 1.83 bits per heavy atom. The standard InChI is InChI=1S/C17H12F2N2O2/c1-21-9-12(16(22)11-4-2-3-5-15(11)21)17(23)20-10-6-7-13(18)14(19)8-10/h2-9H,1H3,(H,20,23). The summed E-state index contributed by atoms with van der Waals surface area (Å²) in [5, 5.41) is 2.81. The number of halogens is 2. The highest BCUT2D eigenvalue weighted by atomic mass is 19.2. The number of anilines is 1. The van der Waals surface area contributed by atoms with Crippen LogP contribution in [0.2, 0.25) is 0 Å². The number of aryl methyl sites for hydroxylation is 1. The molecule has 0 saturated heterocycles. The van der Waals surface area contributed by atoms with E-state index in [0.717, 1.165) is 12.1 Å². The van der Waals surface area contributed by atoms with Crippen LogP contribution in [0.4, 0.5) is 14.5 Å². The third kappa shape index (κ3) is 2.70. The lowest BCUT2D eigenvalue weighted by atomic mass is 10.1. The Bertz CT molecular complexity index is 980. The van der Waals surface area contributed by atoms with Gasteiger partial charge in [-0.05, 0) is 24.3 Å². The molecule has 0 fully saturated rings. The van der Waals surface area contributed by atoms with Gasteiger partial charge in [-0.15, -0.1) is 0 Å². The first kappa shape index (κ1) is 14.9. The highest BCUT2D eigenvalue weighted by Crippen LogP contribution is 2.15. The molecule has 4 nitrogen and oxygen atoms in total. The third-order valence-electron chi connectivity index (χ3n) is 3.52. The van der Waals surface area contributed by atoms with Crippen molar-refractivity contribution in [3.63, 3.8) is 0 Å². The van der Waals surface area contributed by atoms with E-state index in [1.54, 1.807) is 35.9 Å². The Labute approximate surface area is 130 Å². The molecule has 0 aliphatic heterocycles. The van der Waals surface area contributed by atoms with Crippen LogP contribution in [0.3, 0.4) is 0 Å². The fourth-order valence-electron chi connectivity index (χ4n) is 2.37. The first-order chi connectivity index (χ1) is 11.0. The highest BCUT2D eigenvalue weighted by molar-refractivity contribution is 6.05. The van der Waals surface area contributed by atoms with Crippen molar-refractivity contribution in [1.29, 1.82) is 0 Å². The number of fused-ring (bicyclic) bond motifs is 1. The lowest BCUT2D eigenvalue weighted by Crippen LogP contribution is -2.23. The quantitative estimate of drug-likeness (QED) is 0.790. The van der Waals surface area contributed by atoms with Crippen LogP contribution in [0, 0.1) is 11.6 Å². The average molecular weight is 314 g/mol. The smallest absolute Gasteiger partial charge is 0.261 e. The number of hydrogen-bond donors (Lipinski definition) is 1. The van der Waals surface area contributed by atoms with Crippen LogP contribution in [-0.2, 0) is 7.05 Å². The summed E-state index contributed by atoms with van der Waals surface area (Å²) in [6.45, 7) is 0. The predicted octanol–water partition coefficient (Wildman–Crippen LogP) is 3.07. The molecule has 0 saturated carbocycles. The lowest BCUT2D eigenvalue weighted by Gasteiger charge is -2.09. The fourth-order valence-corrected chi connectivity index (χ4v) is 2.37. The number of benzene rings is 2. The number of nitrogens with zero attached hydrogens (tertiary/aromatic N) is 1. The average Bonchev–Trinajstić information content (AvgIpc) is 2.54. The molecule has 23 heavy (non-hydrogen) atoms. The zero-order valence-corrected chi connectivity index (χ0v) is 12.1. The molecule has 3 rings (SSSR count). The molecule has 116 valence electrons. The predicted molar refractivity (Wildman–Crippen MR) is 83.5 cm³/mol. The van der Waals surface area contributed by atoms with Crippen LogP contribution < -0.4 is 10.7 Å². The topological polar surface area (TPSA) is 51.1 Å². The van der Waals surface area contributed by atoms with E-state index in [2.05, 4.69) is 5.32 Å². The zero-order valence-electron chi connectivity index (χ0n) is 12.1. The van der Waals surface area contributed by atoms with E-state index < -0.39 is 23.0 Å². The molecule has 0 spiro atoms. The van der Waals surface area contributed by atoms with E-state index in [9.17, 15) is 18.4 Å². The molecular formula is C17H12F2N2O2. The zero-order chi connectivity index (χ0) is 16.6. The van der Waals surface area contributed by atoms with Gasteiger partial charge in [0.1, 0.15) is 5.56 Å². The van der Waals surface area contributed by atoms with E-state index in [1.807, 2.05) is 0 Å². The Morgan fingerprint density at radius 3 is 2.57 bits per heavy atom. The number of nitrogens with one attached hydrogen (secondary N) is 1. The maximum Gasteiger partial charge on any atom is 0.261 e. The minimum atomic E-state index is -1.07. The van der Waals surface area contributed by atoms with Gasteiger partial charge in [-0.25, -0.2) is 8.78 Å². The van der Waals surface area contributed by atoms with Crippen molar-refractivity contribution < 1.29 is 13.6 Å². The fraction of sp³-hybridized carbons (Fsp3) is 0.0588. The van der Waals surface area contributed by atoms with Gasteiger partial charge in [0, 0.05) is 30.4 Å². The molecule has 0 aliphatic carbocycles. The van der Waals surface area contributed by atoms with Crippen LogP contribution in [0.5, 0.6) is 0 Å². The van der Waals surface area contributed by atoms with E-state index in [4.69, 9.17) is 0 Å². The molecule has 1 N–H and O–H groups in total. The largest absolute Gasteiger partial charge is 0.350 e. The molecule has 1 amide bonds. The van der Waals surface area contributed by atoms with E-state index >= 15 is 0 Å². The summed E-state index contributed by atoms with van der Waals surface area (Å²) >= 11 is 0. The van der Waals surface area contributed by atoms with E-state index in [1.165, 1.54) is 12.3 Å². The van der Waals surface area contributed by atoms with Crippen LogP contribution in [0.1, 0.15) is 10.4 Å². The van der Waals surface area contributed by atoms with Gasteiger partial charge < -0.3 is 9.88 Å². The first-order valence-electron chi connectivity index (χ1n) is 6.82. The lowest BCUT2D eigenvalue weighted by molar-refractivity contribution is 0.102. The number of para-hydroxylation sites is 1. The molecule has 0 atom stereocenters. The van der Waals surface area contributed by atoms with Crippen molar-refractivity contribution in [2.75, 3.05) is 5.32 Å². The molecule has 0 radical (unpaired) electrons. The van der Waals surface area contributed by atoms with Crippen molar-refractivity contribution >= 4 is 22.5 Å². The van der Waals surface area contributed by atoms with Gasteiger partial charge in [-0.1, -0.05) is 12.1 Å². The SMILES string of the molecule is Cn1cc(C(=O)Nc2ccc(F)c(F)c2)c(=O)c2ccccc21. The summed E-state index contributed by atoms with van der Waals surface area (Å²) in [4.78, 5) is 24.7. The summed E-state index contributed by atoms with van der Waals surface area (Å²) < 4.78 is 27.8. The minimum absolute atomic E-state index is 0.0732. The summed E-state index contributed by atoms with van der Waals surface area (Å²) in [7, 11) is 1.72. The number of carbonyl (C=O) groups is 1. The second kappa shape index (κ2) is 5.64. The maximum absolute atomic E-state index is 13.2. The first-order valence-corrected chi connectivity index (χ1v) is 6.82. The summed E-state index contributed by atoms with van der Waals surface area (Å²) in [5.41, 5.74) is 0.278. The second-order valence-corrected chi connectivity index (χ2v) is 5.08. The molecule has 2 aromatic carbocycles. The van der Waals surface area contributed by atoms with Crippen LogP contribution in [0.25, 0.3) is 10.9 Å². The van der Waals surface area contributed by atoms with Gasteiger partial charge >= 0.3 is 0 Å². The van der Waals surface area contributed by atoms with Crippen molar-refractivity contribution in [1.82, 2.24) is 4.57 Å². The monoisotopic (exact) mass is 314 g/mol. The van der Waals surface area contributed by atoms with Gasteiger partial charge in [0.25, 0.3) is 5.91 Å². The Morgan fingerprint density at radius 1 is 1.09 bits per heavy atom. The normalized spacial score (nSPS) is 10.7. The molecule has 3 aromatic rings. The van der Waals surface area contributed by atoms with E-state index in [0.29, 0.717) is 10.9 Å². The molecule has 1 heterocycles. The van der Waals surface area contributed by atoms with Crippen LogP contribution in [0.15, 0.2) is 53.5 Å². The van der Waals surface area contributed by atoms with Crippen LogP contribution >= 0.6 is 0 Å². The Hall–Kier alpha value is -3.02. The second-order valence-electron chi connectivity index (χ2n) is 5.08. The Balaban J connectivity index is 2.02. The molecule has 1 aromatic heterocycles. The number of hydrogen-bond acceptors (Lipinski definition) is 2. The molecule has 0 bridgehead atoms. The van der Waals surface area contributed by atoms with Crippen LogP contribution in [-0.4, -0.2) is 10.5 Å². The highest BCUT2D eigenvalue weighted by Gasteiger charge is 2.15. The van der Waals surface area contributed by atoms with E-state index in [-0.39, 0.29) is 11.3 Å². The van der Waals surface area contributed by atoms with Crippen molar-refractivity contribution in [2.45, 2.75) is 0 Å². The summed E-state index contributed by atoms with van der Waals surface area (Å²) in [6.07, 6.45) is 1.42. The Kier molecular flexibility index (Phi) is 3.65. The summed E-state index contributed by atoms with van der Waals surface area (Å²) in [5.74, 6) is -2.76. The molecular weight excluding hydrogens is 302 g/mol. The van der Waals surface area contributed by atoms with Gasteiger partial charge in [-0.2, -0.15) is 0 Å². The minimum Gasteiger partial charge on any atom is -0.350 e. The molecule has 0 aliphatic rings.